The van der Waals surface area contributed by atoms with E-state index >= 15 is 0 Å². The SMILES string of the molecule is Cc1n[nH]c(C)c1C(C)C(=O)N1CCc2ccc(C#N)cc21. The van der Waals surface area contributed by atoms with E-state index in [1.54, 1.807) is 11.0 Å². The van der Waals surface area contributed by atoms with Gasteiger partial charge in [0.15, 0.2) is 0 Å². The molecule has 1 aromatic carbocycles. The van der Waals surface area contributed by atoms with Crippen molar-refractivity contribution in [1.82, 2.24) is 10.2 Å². The molecule has 5 heteroatoms. The number of nitriles is 1. The number of nitrogens with one attached hydrogen (secondary N) is 1. The number of hydrogen-bond acceptors (Lipinski definition) is 3. The average molecular weight is 294 g/mol. The van der Waals surface area contributed by atoms with Crippen molar-refractivity contribution in [2.45, 2.75) is 33.1 Å². The zero-order valence-corrected chi connectivity index (χ0v) is 13.0. The first-order chi connectivity index (χ1) is 10.5. The lowest BCUT2D eigenvalue weighted by Crippen LogP contribution is -2.33. The highest BCUT2D eigenvalue weighted by atomic mass is 16.2. The lowest BCUT2D eigenvalue weighted by atomic mass is 9.97. The number of nitrogens with zero attached hydrogens (tertiary/aromatic N) is 3. The minimum Gasteiger partial charge on any atom is -0.311 e. The molecule has 22 heavy (non-hydrogen) atoms. The van der Waals surface area contributed by atoms with Gasteiger partial charge in [0.2, 0.25) is 5.91 Å². The predicted octanol–water partition coefficient (Wildman–Crippen LogP) is 2.59. The zero-order valence-electron chi connectivity index (χ0n) is 13.0. The quantitative estimate of drug-likeness (QED) is 0.925. The zero-order chi connectivity index (χ0) is 15.9. The molecule has 0 bridgehead atoms. The van der Waals surface area contributed by atoms with Crippen molar-refractivity contribution < 1.29 is 4.79 Å². The molecule has 1 unspecified atom stereocenters. The molecule has 1 atom stereocenters. The minimum absolute atomic E-state index is 0.0569. The largest absolute Gasteiger partial charge is 0.311 e. The van der Waals surface area contributed by atoms with Gasteiger partial charge in [-0.1, -0.05) is 6.07 Å². The molecular weight excluding hydrogens is 276 g/mol. The summed E-state index contributed by atoms with van der Waals surface area (Å²) < 4.78 is 0. The molecule has 0 saturated carbocycles. The monoisotopic (exact) mass is 294 g/mol. The van der Waals surface area contributed by atoms with Crippen molar-refractivity contribution in [2.24, 2.45) is 0 Å². The molecule has 1 aliphatic rings. The highest BCUT2D eigenvalue weighted by Crippen LogP contribution is 2.33. The molecule has 2 heterocycles. The number of carbonyl (C=O) groups is 1. The summed E-state index contributed by atoms with van der Waals surface area (Å²) in [4.78, 5) is 14.7. The standard InChI is InChI=1S/C17H18N4O/c1-10(16-11(2)19-20-12(16)3)17(22)21-7-6-14-5-4-13(9-18)8-15(14)21/h4-5,8,10H,6-7H2,1-3H3,(H,19,20). The number of carbonyl (C=O) groups excluding carboxylic acids is 1. The van der Waals surface area contributed by atoms with Crippen LogP contribution in [0.3, 0.4) is 0 Å². The second-order valence-electron chi connectivity index (χ2n) is 5.76. The molecule has 0 aliphatic carbocycles. The van der Waals surface area contributed by atoms with Crippen LogP contribution in [0.5, 0.6) is 0 Å². The summed E-state index contributed by atoms with van der Waals surface area (Å²) in [5, 5.41) is 16.2. The molecule has 1 N–H and O–H groups in total. The highest BCUT2D eigenvalue weighted by molar-refractivity contribution is 6.00. The molecule has 112 valence electrons. The Morgan fingerprint density at radius 3 is 2.86 bits per heavy atom. The number of aromatic amines is 1. The van der Waals surface area contributed by atoms with Crippen LogP contribution in [0.15, 0.2) is 18.2 Å². The van der Waals surface area contributed by atoms with Crippen LogP contribution in [0.25, 0.3) is 0 Å². The fourth-order valence-corrected chi connectivity index (χ4v) is 3.23. The molecule has 1 aliphatic heterocycles. The maximum Gasteiger partial charge on any atom is 0.234 e. The molecule has 0 spiro atoms. The van der Waals surface area contributed by atoms with Crippen LogP contribution in [0, 0.1) is 25.2 Å². The molecule has 0 fully saturated rings. The van der Waals surface area contributed by atoms with E-state index in [1.807, 2.05) is 32.9 Å². The summed E-state index contributed by atoms with van der Waals surface area (Å²) in [6, 6.07) is 7.70. The Balaban J connectivity index is 1.94. The van der Waals surface area contributed by atoms with E-state index in [2.05, 4.69) is 16.3 Å². The normalized spacial score (nSPS) is 14.5. The Bertz CT molecular complexity index is 765. The van der Waals surface area contributed by atoms with Gasteiger partial charge in [-0.05, 0) is 44.9 Å². The number of hydrogen-bond donors (Lipinski definition) is 1. The number of rotatable bonds is 2. The molecule has 2 aromatic rings. The number of aryl methyl sites for hydroxylation is 2. The first-order valence-electron chi connectivity index (χ1n) is 7.38. The van der Waals surface area contributed by atoms with Gasteiger partial charge in [0.05, 0.1) is 23.2 Å². The lowest BCUT2D eigenvalue weighted by Gasteiger charge is -2.22. The molecular formula is C17H18N4O. The Labute approximate surface area is 129 Å². The van der Waals surface area contributed by atoms with Crippen LogP contribution in [-0.2, 0) is 11.2 Å². The number of benzene rings is 1. The van der Waals surface area contributed by atoms with Crippen LogP contribution < -0.4 is 4.90 Å². The number of H-pyrrole nitrogens is 1. The fraction of sp³-hybridized carbons (Fsp3) is 0.353. The van der Waals surface area contributed by atoms with E-state index in [0.717, 1.165) is 34.6 Å². The minimum atomic E-state index is -0.254. The van der Waals surface area contributed by atoms with Gasteiger partial charge in [-0.2, -0.15) is 10.4 Å². The van der Waals surface area contributed by atoms with Gasteiger partial charge in [0, 0.05) is 23.5 Å². The summed E-state index contributed by atoms with van der Waals surface area (Å²) in [6.45, 7) is 6.43. The topological polar surface area (TPSA) is 72.8 Å². The highest BCUT2D eigenvalue weighted by Gasteiger charge is 2.31. The Kier molecular flexibility index (Phi) is 3.45. The van der Waals surface area contributed by atoms with Crippen LogP contribution in [0.2, 0.25) is 0 Å². The maximum atomic E-state index is 12.9. The van der Waals surface area contributed by atoms with Crippen molar-refractivity contribution in [3.63, 3.8) is 0 Å². The third kappa shape index (κ3) is 2.17. The third-order valence-electron chi connectivity index (χ3n) is 4.36. The Hall–Kier alpha value is -2.61. The van der Waals surface area contributed by atoms with Gasteiger partial charge < -0.3 is 4.90 Å². The molecule has 0 radical (unpaired) electrons. The smallest absolute Gasteiger partial charge is 0.234 e. The fourth-order valence-electron chi connectivity index (χ4n) is 3.23. The molecule has 1 aromatic heterocycles. The van der Waals surface area contributed by atoms with Crippen LogP contribution in [0.1, 0.15) is 40.9 Å². The molecule has 0 saturated heterocycles. The Morgan fingerprint density at radius 1 is 1.45 bits per heavy atom. The van der Waals surface area contributed by atoms with Crippen LogP contribution >= 0.6 is 0 Å². The summed E-state index contributed by atoms with van der Waals surface area (Å²) in [7, 11) is 0. The van der Waals surface area contributed by atoms with Crippen LogP contribution in [-0.4, -0.2) is 22.6 Å². The van der Waals surface area contributed by atoms with E-state index in [0.29, 0.717) is 12.1 Å². The number of anilines is 1. The molecule has 3 rings (SSSR count). The van der Waals surface area contributed by atoms with Crippen molar-refractivity contribution in [3.05, 3.63) is 46.3 Å². The summed E-state index contributed by atoms with van der Waals surface area (Å²) in [5.74, 6) is -0.197. The van der Waals surface area contributed by atoms with Gasteiger partial charge in [0.1, 0.15) is 0 Å². The molecule has 5 nitrogen and oxygen atoms in total. The summed E-state index contributed by atoms with van der Waals surface area (Å²) in [5.41, 5.74) is 5.35. The first-order valence-corrected chi connectivity index (χ1v) is 7.38. The van der Waals surface area contributed by atoms with Crippen molar-refractivity contribution in [1.29, 1.82) is 5.26 Å². The molecule has 1 amide bonds. The second-order valence-corrected chi connectivity index (χ2v) is 5.76. The lowest BCUT2D eigenvalue weighted by molar-refractivity contribution is -0.119. The van der Waals surface area contributed by atoms with E-state index in [-0.39, 0.29) is 11.8 Å². The Morgan fingerprint density at radius 2 is 2.23 bits per heavy atom. The number of aromatic nitrogens is 2. The van der Waals surface area contributed by atoms with E-state index in [4.69, 9.17) is 5.26 Å². The average Bonchev–Trinajstić information content (AvgIpc) is 3.08. The summed E-state index contributed by atoms with van der Waals surface area (Å²) >= 11 is 0. The van der Waals surface area contributed by atoms with Crippen molar-refractivity contribution >= 4 is 11.6 Å². The van der Waals surface area contributed by atoms with Gasteiger partial charge in [0.25, 0.3) is 0 Å². The van der Waals surface area contributed by atoms with E-state index in [1.165, 1.54) is 0 Å². The van der Waals surface area contributed by atoms with Crippen molar-refractivity contribution in [3.8, 4) is 6.07 Å². The number of amides is 1. The number of fused-ring (bicyclic) bond motifs is 1. The van der Waals surface area contributed by atoms with E-state index < -0.39 is 0 Å². The van der Waals surface area contributed by atoms with Crippen molar-refractivity contribution in [2.75, 3.05) is 11.4 Å². The van der Waals surface area contributed by atoms with Gasteiger partial charge >= 0.3 is 0 Å². The maximum absolute atomic E-state index is 12.9. The van der Waals surface area contributed by atoms with E-state index in [9.17, 15) is 4.79 Å². The predicted molar refractivity (Wildman–Crippen MR) is 83.7 cm³/mol. The van der Waals surface area contributed by atoms with Gasteiger partial charge in [-0.15, -0.1) is 0 Å². The van der Waals surface area contributed by atoms with Gasteiger partial charge in [-0.3, -0.25) is 9.89 Å². The van der Waals surface area contributed by atoms with Crippen LogP contribution in [0.4, 0.5) is 5.69 Å². The third-order valence-corrected chi connectivity index (χ3v) is 4.36. The second kappa shape index (κ2) is 5.30. The summed E-state index contributed by atoms with van der Waals surface area (Å²) in [6.07, 6.45) is 0.836. The van der Waals surface area contributed by atoms with Gasteiger partial charge in [-0.25, -0.2) is 0 Å². The first kappa shape index (κ1) is 14.3.